The van der Waals surface area contributed by atoms with Crippen LogP contribution in [-0.2, 0) is 16.0 Å². The average Bonchev–Trinajstić information content (AvgIpc) is 3.01. The Morgan fingerprint density at radius 2 is 1.84 bits per heavy atom. The lowest BCUT2D eigenvalue weighted by Gasteiger charge is -2.23. The quantitative estimate of drug-likeness (QED) is 0.474. The molecule has 2 aromatic rings. The smallest absolute Gasteiger partial charge is 0.417 e. The molecule has 0 aliphatic carbocycles. The highest BCUT2D eigenvalue weighted by Gasteiger charge is 2.41. The van der Waals surface area contributed by atoms with Crippen molar-refractivity contribution in [2.45, 2.75) is 18.5 Å². The number of rotatable bonds is 5. The van der Waals surface area contributed by atoms with Gasteiger partial charge < -0.3 is 4.74 Å². The lowest BCUT2D eigenvalue weighted by molar-refractivity contribution is -0.130. The average molecular weight is 336 g/mol. The highest BCUT2D eigenvalue weighted by atomic mass is 16.6. The first-order valence-electron chi connectivity index (χ1n) is 7.83. The molecule has 7 nitrogen and oxygen atoms in total. The molecule has 126 valence electrons. The summed E-state index contributed by atoms with van der Waals surface area (Å²) >= 11 is 0. The number of cyclic esters (lactones) is 1. The largest absolute Gasteiger partial charge is 0.447 e. The molecule has 25 heavy (non-hydrogen) atoms. The number of amides is 2. The van der Waals surface area contributed by atoms with Crippen molar-refractivity contribution >= 4 is 12.0 Å². The van der Waals surface area contributed by atoms with Crippen molar-refractivity contribution in [3.63, 3.8) is 0 Å². The Labute approximate surface area is 144 Å². The third-order valence-corrected chi connectivity index (χ3v) is 4.03. The molecule has 7 heteroatoms. The molecule has 0 N–H and O–H groups in total. The van der Waals surface area contributed by atoms with Crippen LogP contribution in [0.3, 0.4) is 0 Å². The third-order valence-electron chi connectivity index (χ3n) is 4.03. The van der Waals surface area contributed by atoms with Crippen LogP contribution in [0.2, 0.25) is 0 Å². The molecule has 1 aliphatic rings. The number of imide groups is 1. The van der Waals surface area contributed by atoms with E-state index >= 15 is 0 Å². The van der Waals surface area contributed by atoms with Crippen molar-refractivity contribution in [2.24, 2.45) is 5.11 Å². The molecule has 3 rings (SSSR count). The lowest BCUT2D eigenvalue weighted by Crippen LogP contribution is -2.42. The first kappa shape index (κ1) is 16.5. The number of hydrogen-bond acceptors (Lipinski definition) is 4. The van der Waals surface area contributed by atoms with E-state index in [9.17, 15) is 9.59 Å². The number of hydrogen-bond donors (Lipinski definition) is 0. The molecule has 0 aromatic heterocycles. The Hall–Kier alpha value is -3.31. The van der Waals surface area contributed by atoms with Crippen LogP contribution in [0.5, 0.6) is 0 Å². The van der Waals surface area contributed by atoms with Crippen LogP contribution < -0.4 is 0 Å². The van der Waals surface area contributed by atoms with Crippen LogP contribution in [0.15, 0.2) is 65.8 Å². The molecule has 0 radical (unpaired) electrons. The summed E-state index contributed by atoms with van der Waals surface area (Å²) < 4.78 is 5.07. The summed E-state index contributed by atoms with van der Waals surface area (Å²) in [6, 6.07) is 16.7. The van der Waals surface area contributed by atoms with E-state index in [1.54, 1.807) is 30.3 Å². The van der Waals surface area contributed by atoms with E-state index in [-0.39, 0.29) is 6.61 Å². The Morgan fingerprint density at radius 1 is 1.20 bits per heavy atom. The fourth-order valence-electron chi connectivity index (χ4n) is 2.84. The predicted molar refractivity (Wildman–Crippen MR) is 90.5 cm³/mol. The number of ether oxygens (including phenoxy) is 1. The zero-order valence-electron chi connectivity index (χ0n) is 13.4. The molecular weight excluding hydrogens is 320 g/mol. The van der Waals surface area contributed by atoms with Crippen LogP contribution in [-0.4, -0.2) is 29.5 Å². The summed E-state index contributed by atoms with van der Waals surface area (Å²) in [6.07, 6.45) is -0.226. The Bertz CT molecular complexity index is 804. The number of nitrogens with zero attached hydrogens (tertiary/aromatic N) is 4. The van der Waals surface area contributed by atoms with Gasteiger partial charge in [0, 0.05) is 4.91 Å². The molecule has 0 saturated carbocycles. The van der Waals surface area contributed by atoms with Gasteiger partial charge in [-0.15, -0.1) is 0 Å². The third kappa shape index (κ3) is 3.62. The van der Waals surface area contributed by atoms with Gasteiger partial charge in [-0.1, -0.05) is 65.8 Å². The first-order valence-corrected chi connectivity index (χ1v) is 7.83. The zero-order valence-corrected chi connectivity index (χ0v) is 13.4. The maximum Gasteiger partial charge on any atom is 0.417 e. The van der Waals surface area contributed by atoms with Crippen LogP contribution in [0, 0.1) is 0 Å². The van der Waals surface area contributed by atoms with E-state index in [0.717, 1.165) is 10.5 Å². The van der Waals surface area contributed by atoms with E-state index < -0.39 is 24.1 Å². The van der Waals surface area contributed by atoms with Gasteiger partial charge in [-0.05, 0) is 23.1 Å². The van der Waals surface area contributed by atoms with Gasteiger partial charge in [-0.2, -0.15) is 0 Å². The molecule has 0 unspecified atom stereocenters. The summed E-state index contributed by atoms with van der Waals surface area (Å²) in [7, 11) is 0. The van der Waals surface area contributed by atoms with Gasteiger partial charge in [-0.25, -0.2) is 9.69 Å². The second-order valence-corrected chi connectivity index (χ2v) is 5.65. The summed E-state index contributed by atoms with van der Waals surface area (Å²) in [5.41, 5.74) is 10.3. The van der Waals surface area contributed by atoms with Crippen LogP contribution in [0.1, 0.15) is 17.2 Å². The minimum atomic E-state index is -1.10. The summed E-state index contributed by atoms with van der Waals surface area (Å²) in [4.78, 5) is 28.8. The van der Waals surface area contributed by atoms with Gasteiger partial charge in [-0.3, -0.25) is 4.79 Å². The van der Waals surface area contributed by atoms with Crippen molar-refractivity contribution in [1.29, 1.82) is 0 Å². The van der Waals surface area contributed by atoms with Crippen molar-refractivity contribution in [2.75, 3.05) is 6.61 Å². The van der Waals surface area contributed by atoms with Gasteiger partial charge in [0.15, 0.2) is 0 Å². The van der Waals surface area contributed by atoms with Gasteiger partial charge >= 0.3 is 6.09 Å². The highest BCUT2D eigenvalue weighted by Crippen LogP contribution is 2.26. The van der Waals surface area contributed by atoms with E-state index in [0.29, 0.717) is 12.0 Å². The molecule has 1 aliphatic heterocycles. The summed E-state index contributed by atoms with van der Waals surface area (Å²) in [6.45, 7) is 0.122. The first-order chi connectivity index (χ1) is 12.2. The molecule has 0 bridgehead atoms. The number of carbonyl (C=O) groups is 2. The maximum atomic E-state index is 12.9. The summed E-state index contributed by atoms with van der Waals surface area (Å²) in [5, 5.41) is 3.60. The topological polar surface area (TPSA) is 95.4 Å². The van der Waals surface area contributed by atoms with Crippen LogP contribution in [0.25, 0.3) is 10.4 Å². The second kappa shape index (κ2) is 7.51. The number of carbonyl (C=O) groups excluding carboxylic acids is 2. The van der Waals surface area contributed by atoms with E-state index in [2.05, 4.69) is 10.0 Å². The molecule has 1 heterocycles. The normalized spacial score (nSPS) is 17.5. The molecule has 2 amide bonds. The van der Waals surface area contributed by atoms with E-state index in [1.807, 2.05) is 30.3 Å². The maximum absolute atomic E-state index is 12.9. The second-order valence-electron chi connectivity index (χ2n) is 5.65. The van der Waals surface area contributed by atoms with Gasteiger partial charge in [0.05, 0.1) is 6.04 Å². The van der Waals surface area contributed by atoms with Crippen LogP contribution >= 0.6 is 0 Å². The number of azide groups is 1. The Morgan fingerprint density at radius 3 is 2.48 bits per heavy atom. The van der Waals surface area contributed by atoms with Gasteiger partial charge in [0.25, 0.3) is 0 Å². The SMILES string of the molecule is [N-]=[N+]=N[C@@H](C(=O)N1C(=O)OC[C@@H]1Cc1ccccc1)c1ccccc1. The van der Waals surface area contributed by atoms with E-state index in [4.69, 9.17) is 10.3 Å². The standard InChI is InChI=1S/C18H16N4O3/c19-21-20-16(14-9-5-2-6-10-14)17(23)22-15(12-25-18(22)24)11-13-7-3-1-4-8-13/h1-10,15-16H,11-12H2/t15-,16+/m0/s1. The summed E-state index contributed by atoms with van der Waals surface area (Å²) in [5.74, 6) is -0.576. The fraction of sp³-hybridized carbons (Fsp3) is 0.222. The molecule has 2 atom stereocenters. The van der Waals surface area contributed by atoms with E-state index in [1.165, 1.54) is 0 Å². The van der Waals surface area contributed by atoms with Gasteiger partial charge in [0.1, 0.15) is 12.6 Å². The Balaban J connectivity index is 1.86. The fourth-order valence-corrected chi connectivity index (χ4v) is 2.84. The monoisotopic (exact) mass is 336 g/mol. The number of benzene rings is 2. The molecule has 1 saturated heterocycles. The van der Waals surface area contributed by atoms with Crippen molar-refractivity contribution in [3.05, 3.63) is 82.2 Å². The molecule has 0 spiro atoms. The Kier molecular flexibility index (Phi) is 4.97. The van der Waals surface area contributed by atoms with Crippen molar-refractivity contribution < 1.29 is 14.3 Å². The van der Waals surface area contributed by atoms with Gasteiger partial charge in [0.2, 0.25) is 5.91 Å². The molecule has 2 aromatic carbocycles. The van der Waals surface area contributed by atoms with Crippen LogP contribution in [0.4, 0.5) is 4.79 Å². The minimum absolute atomic E-state index is 0.122. The highest BCUT2D eigenvalue weighted by molar-refractivity contribution is 5.97. The zero-order chi connectivity index (χ0) is 17.6. The minimum Gasteiger partial charge on any atom is -0.447 e. The molecular formula is C18H16N4O3. The lowest BCUT2D eigenvalue weighted by atomic mass is 10.0. The molecule has 1 fully saturated rings. The predicted octanol–water partition coefficient (Wildman–Crippen LogP) is 3.63. The van der Waals surface area contributed by atoms with Crippen molar-refractivity contribution in [3.8, 4) is 0 Å². The van der Waals surface area contributed by atoms with Crippen molar-refractivity contribution in [1.82, 2.24) is 4.90 Å².